The summed E-state index contributed by atoms with van der Waals surface area (Å²) >= 11 is 6.71. The maximum atomic E-state index is 14.3. The van der Waals surface area contributed by atoms with Gasteiger partial charge in [0.15, 0.2) is 5.79 Å². The van der Waals surface area contributed by atoms with Crippen LogP contribution in [0.4, 0.5) is 10.1 Å². The molecule has 7 rings (SSSR count). The number of hydrogen-bond donors (Lipinski definition) is 3. The number of fused-ring (bicyclic) bond motifs is 1. The highest BCUT2D eigenvalue weighted by atomic mass is 35.5. The summed E-state index contributed by atoms with van der Waals surface area (Å²) in [5, 5.41) is 3.52. The number of nitrogens with one attached hydrogen (secondary N) is 1. The van der Waals surface area contributed by atoms with Crippen LogP contribution in [0.3, 0.4) is 0 Å². The van der Waals surface area contributed by atoms with Crippen LogP contribution in [0.5, 0.6) is 11.5 Å². The molecule has 5 N–H and O–H groups in total. The van der Waals surface area contributed by atoms with Crippen LogP contribution in [0.2, 0.25) is 5.02 Å². The van der Waals surface area contributed by atoms with Gasteiger partial charge in [-0.15, -0.1) is 0 Å². The maximum Gasteiger partial charge on any atom is 0.251 e. The molecule has 0 radical (unpaired) electrons. The molecule has 12 heteroatoms. The first-order valence-corrected chi connectivity index (χ1v) is 16.1. The van der Waals surface area contributed by atoms with Crippen LogP contribution in [0.15, 0.2) is 35.5 Å². The number of halogens is 2. The number of amides is 2. The van der Waals surface area contributed by atoms with Crippen LogP contribution in [-0.2, 0) is 10.2 Å². The number of anilines is 1. The number of alkyl halides is 1. The minimum Gasteiger partial charge on any atom is -0.489 e. The van der Waals surface area contributed by atoms with Gasteiger partial charge < -0.3 is 26.3 Å². The SMILES string of the molecule is Cc1nccc(-c2nc([C@@H](CNC(=O)c3cc(/C=N/C4(F)CC4)c(N)c(OC4CC4)c3)C3CC3)cc3c2OC[C@]3(C)C(N)=O)c1Cl. The van der Waals surface area contributed by atoms with Gasteiger partial charge in [-0.05, 0) is 69.7 Å². The topological polar surface area (TPSA) is 155 Å². The summed E-state index contributed by atoms with van der Waals surface area (Å²) < 4.78 is 26.4. The molecule has 240 valence electrons. The zero-order valence-corrected chi connectivity index (χ0v) is 26.5. The summed E-state index contributed by atoms with van der Waals surface area (Å²) in [6.45, 7) is 3.94. The van der Waals surface area contributed by atoms with Crippen molar-refractivity contribution in [1.29, 1.82) is 0 Å². The summed E-state index contributed by atoms with van der Waals surface area (Å²) in [4.78, 5) is 39.7. The van der Waals surface area contributed by atoms with E-state index in [4.69, 9.17) is 37.5 Å². The number of aliphatic imine (C=N–C) groups is 1. The van der Waals surface area contributed by atoms with Gasteiger partial charge in [0.2, 0.25) is 5.91 Å². The average Bonchev–Trinajstić information content (AvgIpc) is 3.93. The Balaban J connectivity index is 1.22. The highest BCUT2D eigenvalue weighted by Gasteiger charge is 2.45. The first kappa shape index (κ1) is 30.4. The van der Waals surface area contributed by atoms with E-state index in [0.717, 1.165) is 25.7 Å². The molecule has 0 spiro atoms. The van der Waals surface area contributed by atoms with E-state index in [9.17, 15) is 14.0 Å². The molecule has 1 aromatic carbocycles. The zero-order valence-electron chi connectivity index (χ0n) is 25.7. The van der Waals surface area contributed by atoms with Crippen molar-refractivity contribution in [3.8, 4) is 22.8 Å². The van der Waals surface area contributed by atoms with Crippen molar-refractivity contribution in [2.45, 2.75) is 75.6 Å². The number of ether oxygens (including phenoxy) is 2. The van der Waals surface area contributed by atoms with Gasteiger partial charge in [0.1, 0.15) is 29.2 Å². The number of primary amides is 1. The van der Waals surface area contributed by atoms with Gasteiger partial charge in [-0.1, -0.05) is 11.6 Å². The molecule has 0 bridgehead atoms. The number of benzene rings is 1. The maximum absolute atomic E-state index is 14.3. The number of aromatic nitrogens is 2. The van der Waals surface area contributed by atoms with E-state index >= 15 is 0 Å². The number of nitrogen functional groups attached to an aromatic ring is 1. The molecule has 46 heavy (non-hydrogen) atoms. The van der Waals surface area contributed by atoms with Gasteiger partial charge in [0.05, 0.1) is 22.5 Å². The number of carbonyl (C=O) groups excluding carboxylic acids is 2. The number of aryl methyl sites for hydroxylation is 1. The van der Waals surface area contributed by atoms with Crippen molar-refractivity contribution in [3.63, 3.8) is 0 Å². The molecule has 3 aliphatic carbocycles. The lowest BCUT2D eigenvalue weighted by atomic mass is 9.82. The Kier molecular flexibility index (Phi) is 7.42. The average molecular weight is 647 g/mol. The molecule has 0 saturated heterocycles. The van der Waals surface area contributed by atoms with Crippen LogP contribution in [-0.4, -0.2) is 53.0 Å². The van der Waals surface area contributed by atoms with Gasteiger partial charge in [0, 0.05) is 65.7 Å². The highest BCUT2D eigenvalue weighted by molar-refractivity contribution is 6.34. The summed E-state index contributed by atoms with van der Waals surface area (Å²) in [5.74, 6) is -1.42. The van der Waals surface area contributed by atoms with E-state index in [-0.39, 0.29) is 37.0 Å². The summed E-state index contributed by atoms with van der Waals surface area (Å²) in [6.07, 6.45) is 7.61. The minimum atomic E-state index is -1.56. The molecule has 3 heterocycles. The van der Waals surface area contributed by atoms with Crippen LogP contribution < -0.4 is 26.3 Å². The Morgan fingerprint density at radius 1 is 1.26 bits per heavy atom. The van der Waals surface area contributed by atoms with Gasteiger partial charge in [-0.2, -0.15) is 0 Å². The van der Waals surface area contributed by atoms with Gasteiger partial charge in [-0.3, -0.25) is 19.6 Å². The Morgan fingerprint density at radius 3 is 2.70 bits per heavy atom. The van der Waals surface area contributed by atoms with Crippen molar-refractivity contribution in [2.24, 2.45) is 16.6 Å². The minimum absolute atomic E-state index is 0.0495. The van der Waals surface area contributed by atoms with Crippen molar-refractivity contribution in [2.75, 3.05) is 18.9 Å². The lowest BCUT2D eigenvalue weighted by Gasteiger charge is -2.22. The fraction of sp³-hybridized carbons (Fsp3) is 0.441. The molecule has 10 nitrogen and oxygen atoms in total. The third-order valence-electron chi connectivity index (χ3n) is 9.36. The second-order valence-electron chi connectivity index (χ2n) is 13.1. The van der Waals surface area contributed by atoms with Gasteiger partial charge in [0.25, 0.3) is 5.91 Å². The third kappa shape index (κ3) is 5.77. The van der Waals surface area contributed by atoms with E-state index in [1.54, 1.807) is 31.3 Å². The van der Waals surface area contributed by atoms with Crippen LogP contribution >= 0.6 is 11.6 Å². The smallest absolute Gasteiger partial charge is 0.251 e. The van der Waals surface area contributed by atoms with Crippen LogP contribution in [0, 0.1) is 12.8 Å². The first-order chi connectivity index (χ1) is 22.0. The fourth-order valence-corrected chi connectivity index (χ4v) is 5.99. The molecule has 2 amide bonds. The number of nitrogens with two attached hydrogens (primary N) is 2. The predicted octanol–water partition coefficient (Wildman–Crippen LogP) is 5.17. The molecule has 4 aliphatic rings. The number of hydrogen-bond acceptors (Lipinski definition) is 8. The molecule has 2 atom stereocenters. The van der Waals surface area contributed by atoms with E-state index in [2.05, 4.69) is 15.3 Å². The van der Waals surface area contributed by atoms with E-state index in [1.165, 1.54) is 6.21 Å². The summed E-state index contributed by atoms with van der Waals surface area (Å²) in [7, 11) is 0. The number of nitrogens with zero attached hydrogens (tertiary/aromatic N) is 3. The molecule has 3 aromatic rings. The molecule has 0 unspecified atom stereocenters. The quantitative estimate of drug-likeness (QED) is 0.148. The van der Waals surface area contributed by atoms with Crippen LogP contribution in [0.25, 0.3) is 11.3 Å². The highest BCUT2D eigenvalue weighted by Crippen LogP contribution is 2.49. The number of carbonyl (C=O) groups is 2. The molecule has 1 aliphatic heterocycles. The second-order valence-corrected chi connectivity index (χ2v) is 13.5. The molecule has 3 fully saturated rings. The lowest BCUT2D eigenvalue weighted by Crippen LogP contribution is -2.40. The van der Waals surface area contributed by atoms with E-state index < -0.39 is 17.1 Å². The Morgan fingerprint density at radius 2 is 2.02 bits per heavy atom. The van der Waals surface area contributed by atoms with Crippen molar-refractivity contribution < 1.29 is 23.5 Å². The molecular weight excluding hydrogens is 611 g/mol. The molecular formula is C34H36ClFN6O4. The van der Waals surface area contributed by atoms with E-state index in [1.807, 2.05) is 13.0 Å². The first-order valence-electron chi connectivity index (χ1n) is 15.7. The summed E-state index contributed by atoms with van der Waals surface area (Å²) in [5.41, 5.74) is 15.4. The fourth-order valence-electron chi connectivity index (χ4n) is 5.79. The Bertz CT molecular complexity index is 1790. The second kappa shape index (κ2) is 11.2. The zero-order chi connectivity index (χ0) is 32.4. The lowest BCUT2D eigenvalue weighted by molar-refractivity contribution is -0.123. The number of pyridine rings is 2. The van der Waals surface area contributed by atoms with Crippen molar-refractivity contribution in [1.82, 2.24) is 15.3 Å². The van der Waals surface area contributed by atoms with Crippen LogP contribution in [0.1, 0.15) is 84.2 Å². The Hall–Kier alpha value is -4.25. The number of rotatable bonds is 11. The third-order valence-corrected chi connectivity index (χ3v) is 9.84. The van der Waals surface area contributed by atoms with E-state index in [0.29, 0.717) is 74.4 Å². The predicted molar refractivity (Wildman–Crippen MR) is 172 cm³/mol. The Labute approximate surface area is 271 Å². The standard InChI is InChI=1S/C34H36ClFN6O4/c1-17-27(35)22(7-10-39-17)29-30-24(33(2,16-45-30)32(38)44)13-25(42-29)23(18-3-4-18)15-40-31(43)19-11-20(14-41-34(36)8-9-34)28(37)26(12-19)46-21-5-6-21/h7,10-14,18,21,23H,3-6,8-9,15-16,37H2,1-2H3,(H2,38,44)(H,40,43)/b41-14+/t23-,33-/m0/s1. The largest absolute Gasteiger partial charge is 0.489 e. The van der Waals surface area contributed by atoms with Gasteiger partial charge >= 0.3 is 0 Å². The van der Waals surface area contributed by atoms with Crippen molar-refractivity contribution >= 4 is 35.3 Å². The normalized spacial score (nSPS) is 21.8. The van der Waals surface area contributed by atoms with Gasteiger partial charge in [-0.25, -0.2) is 9.37 Å². The summed E-state index contributed by atoms with van der Waals surface area (Å²) in [6, 6.07) is 6.90. The molecule has 3 saturated carbocycles. The monoisotopic (exact) mass is 646 g/mol. The molecule has 2 aromatic heterocycles. The van der Waals surface area contributed by atoms with Crippen molar-refractivity contribution in [3.05, 3.63) is 63.6 Å².